The first-order chi connectivity index (χ1) is 8.49. The Hall–Kier alpha value is -1.49. The maximum absolute atomic E-state index is 13.4. The quantitative estimate of drug-likeness (QED) is 0.900. The third-order valence-corrected chi connectivity index (χ3v) is 3.26. The molecule has 1 heterocycles. The number of hydrogen-bond acceptors (Lipinski definition) is 2. The first-order valence-electron chi connectivity index (χ1n) is 5.86. The zero-order valence-corrected chi connectivity index (χ0v) is 9.85. The molecule has 1 aromatic carbocycles. The number of alkyl halides is 2. The molecule has 3 nitrogen and oxygen atoms in total. The van der Waals surface area contributed by atoms with Crippen molar-refractivity contribution in [3.8, 4) is 0 Å². The summed E-state index contributed by atoms with van der Waals surface area (Å²) in [6.07, 6.45) is -0.392. The molecule has 2 rings (SSSR count). The Morgan fingerprint density at radius 3 is 2.67 bits per heavy atom. The topological polar surface area (TPSA) is 40.5 Å². The monoisotopic (exact) mass is 255 g/mol. The van der Waals surface area contributed by atoms with E-state index in [-0.39, 0.29) is 13.1 Å². The molecule has 1 fully saturated rings. The summed E-state index contributed by atoms with van der Waals surface area (Å²) >= 11 is 0. The van der Waals surface area contributed by atoms with Crippen LogP contribution in [0.3, 0.4) is 0 Å². The fourth-order valence-corrected chi connectivity index (χ4v) is 2.21. The first kappa shape index (κ1) is 13.0. The number of carboxylic acid groups (broad SMARTS) is 1. The van der Waals surface area contributed by atoms with Gasteiger partial charge in [-0.25, -0.2) is 8.78 Å². The Balaban J connectivity index is 2.03. The maximum atomic E-state index is 13.4. The molecule has 0 saturated carbocycles. The Kier molecular flexibility index (Phi) is 3.61. The highest BCUT2D eigenvalue weighted by atomic mass is 19.3. The molecule has 1 saturated heterocycles. The van der Waals surface area contributed by atoms with Gasteiger partial charge in [0, 0.05) is 26.1 Å². The van der Waals surface area contributed by atoms with E-state index in [0.29, 0.717) is 6.54 Å². The van der Waals surface area contributed by atoms with Crippen molar-refractivity contribution in [1.82, 2.24) is 4.90 Å². The lowest BCUT2D eigenvalue weighted by Crippen LogP contribution is -2.49. The number of rotatable bonds is 3. The van der Waals surface area contributed by atoms with Crippen molar-refractivity contribution in [2.24, 2.45) is 5.92 Å². The molecule has 98 valence electrons. The van der Waals surface area contributed by atoms with Crippen LogP contribution >= 0.6 is 0 Å². The summed E-state index contributed by atoms with van der Waals surface area (Å²) < 4.78 is 26.8. The van der Waals surface area contributed by atoms with Crippen LogP contribution in [0.1, 0.15) is 12.0 Å². The molecule has 0 unspecified atom stereocenters. The Bertz CT molecular complexity index is 422. The van der Waals surface area contributed by atoms with Crippen LogP contribution < -0.4 is 0 Å². The molecule has 0 radical (unpaired) electrons. The van der Waals surface area contributed by atoms with Crippen LogP contribution in [0.2, 0.25) is 0 Å². The number of piperidine rings is 1. The van der Waals surface area contributed by atoms with Gasteiger partial charge in [-0.2, -0.15) is 0 Å². The Morgan fingerprint density at radius 2 is 2.06 bits per heavy atom. The number of nitrogens with zero attached hydrogens (tertiary/aromatic N) is 1. The van der Waals surface area contributed by atoms with Crippen molar-refractivity contribution < 1.29 is 18.7 Å². The highest BCUT2D eigenvalue weighted by Crippen LogP contribution is 2.34. The molecular formula is C13H15F2NO2. The first-order valence-corrected chi connectivity index (χ1v) is 5.86. The summed E-state index contributed by atoms with van der Waals surface area (Å²) in [4.78, 5) is 12.6. The fraction of sp³-hybridized carbons (Fsp3) is 0.462. The molecule has 1 aromatic rings. The predicted octanol–water partition coefficient (Wildman–Crippen LogP) is 2.23. The van der Waals surface area contributed by atoms with E-state index in [2.05, 4.69) is 0 Å². The molecule has 0 bridgehead atoms. The van der Waals surface area contributed by atoms with Gasteiger partial charge in [-0.15, -0.1) is 0 Å². The third kappa shape index (κ3) is 2.85. The van der Waals surface area contributed by atoms with Crippen LogP contribution in [-0.2, 0) is 11.3 Å². The highest BCUT2D eigenvalue weighted by molar-refractivity contribution is 5.71. The summed E-state index contributed by atoms with van der Waals surface area (Å²) in [5.74, 6) is -6.12. The zero-order chi connectivity index (χ0) is 13.2. The second-order valence-corrected chi connectivity index (χ2v) is 4.62. The molecule has 0 amide bonds. The van der Waals surface area contributed by atoms with Crippen molar-refractivity contribution in [3.05, 3.63) is 35.9 Å². The molecular weight excluding hydrogens is 240 g/mol. The van der Waals surface area contributed by atoms with E-state index in [0.717, 1.165) is 5.56 Å². The van der Waals surface area contributed by atoms with E-state index in [4.69, 9.17) is 5.11 Å². The van der Waals surface area contributed by atoms with Crippen molar-refractivity contribution in [3.63, 3.8) is 0 Å². The number of benzene rings is 1. The van der Waals surface area contributed by atoms with E-state index < -0.39 is 24.2 Å². The lowest BCUT2D eigenvalue weighted by Gasteiger charge is -2.36. The molecule has 0 aliphatic carbocycles. The minimum atomic E-state index is -3.10. The summed E-state index contributed by atoms with van der Waals surface area (Å²) in [6.45, 7) is 0.642. The minimum absolute atomic E-state index is 0.1000. The van der Waals surface area contributed by atoms with Crippen LogP contribution in [0.25, 0.3) is 0 Å². The van der Waals surface area contributed by atoms with Crippen LogP contribution in [0.4, 0.5) is 8.78 Å². The van der Waals surface area contributed by atoms with Crippen molar-refractivity contribution >= 4 is 5.97 Å². The number of carboxylic acids is 1. The van der Waals surface area contributed by atoms with Gasteiger partial charge in [0.1, 0.15) is 5.92 Å². The third-order valence-electron chi connectivity index (χ3n) is 3.26. The standard InChI is InChI=1S/C13H15F2NO2/c14-13(15)6-7-16(9-11(13)12(17)18)8-10-4-2-1-3-5-10/h1-5,11H,6-9H2,(H,17,18)/t11-/m0/s1. The van der Waals surface area contributed by atoms with Gasteiger partial charge in [0.25, 0.3) is 5.92 Å². The summed E-state index contributed by atoms with van der Waals surface area (Å²) in [5.41, 5.74) is 1.01. The van der Waals surface area contributed by atoms with Crippen molar-refractivity contribution in [2.75, 3.05) is 13.1 Å². The van der Waals surface area contributed by atoms with E-state index >= 15 is 0 Å². The average molecular weight is 255 g/mol. The van der Waals surface area contributed by atoms with Gasteiger partial charge in [-0.1, -0.05) is 30.3 Å². The van der Waals surface area contributed by atoms with Gasteiger partial charge in [-0.3, -0.25) is 9.69 Å². The van der Waals surface area contributed by atoms with Gasteiger partial charge in [0.15, 0.2) is 0 Å². The van der Waals surface area contributed by atoms with Gasteiger partial charge in [0.05, 0.1) is 0 Å². The van der Waals surface area contributed by atoms with Crippen molar-refractivity contribution in [2.45, 2.75) is 18.9 Å². The number of halogens is 2. The second kappa shape index (κ2) is 5.02. The average Bonchev–Trinajstić information content (AvgIpc) is 2.32. The largest absolute Gasteiger partial charge is 0.481 e. The predicted molar refractivity (Wildman–Crippen MR) is 62.4 cm³/mol. The SMILES string of the molecule is O=C(O)[C@@H]1CN(Cc2ccccc2)CCC1(F)F. The van der Waals surface area contributed by atoms with Crippen LogP contribution in [0.15, 0.2) is 30.3 Å². The number of likely N-dealkylation sites (tertiary alicyclic amines) is 1. The lowest BCUT2D eigenvalue weighted by molar-refractivity contribution is -0.167. The van der Waals surface area contributed by atoms with Crippen molar-refractivity contribution in [1.29, 1.82) is 0 Å². The summed E-state index contributed by atoms with van der Waals surface area (Å²) in [6, 6.07) is 9.45. The van der Waals surface area contributed by atoms with Gasteiger partial charge in [0.2, 0.25) is 0 Å². The van der Waals surface area contributed by atoms with Crippen LogP contribution in [-0.4, -0.2) is 35.0 Å². The maximum Gasteiger partial charge on any atom is 0.313 e. The number of carbonyl (C=O) groups is 1. The molecule has 18 heavy (non-hydrogen) atoms. The molecule has 0 aromatic heterocycles. The minimum Gasteiger partial charge on any atom is -0.481 e. The highest BCUT2D eigenvalue weighted by Gasteiger charge is 2.48. The molecule has 5 heteroatoms. The van der Waals surface area contributed by atoms with Gasteiger partial charge < -0.3 is 5.11 Å². The Labute approximate surface area is 104 Å². The molecule has 1 N–H and O–H groups in total. The molecule has 1 aliphatic heterocycles. The van der Waals surface area contributed by atoms with E-state index in [1.807, 2.05) is 30.3 Å². The smallest absolute Gasteiger partial charge is 0.313 e. The lowest BCUT2D eigenvalue weighted by atomic mass is 9.93. The molecule has 1 atom stereocenters. The van der Waals surface area contributed by atoms with E-state index in [1.165, 1.54) is 0 Å². The fourth-order valence-electron chi connectivity index (χ4n) is 2.21. The zero-order valence-electron chi connectivity index (χ0n) is 9.85. The second-order valence-electron chi connectivity index (χ2n) is 4.62. The van der Waals surface area contributed by atoms with Crippen LogP contribution in [0.5, 0.6) is 0 Å². The van der Waals surface area contributed by atoms with E-state index in [9.17, 15) is 13.6 Å². The number of aliphatic carboxylic acids is 1. The normalized spacial score (nSPS) is 23.8. The molecule has 1 aliphatic rings. The molecule has 0 spiro atoms. The number of hydrogen-bond donors (Lipinski definition) is 1. The van der Waals surface area contributed by atoms with Gasteiger partial charge in [-0.05, 0) is 5.56 Å². The Morgan fingerprint density at radius 1 is 1.39 bits per heavy atom. The summed E-state index contributed by atoms with van der Waals surface area (Å²) in [5, 5.41) is 8.85. The van der Waals surface area contributed by atoms with Gasteiger partial charge >= 0.3 is 5.97 Å². The van der Waals surface area contributed by atoms with Crippen LogP contribution in [0, 0.1) is 5.92 Å². The van der Waals surface area contributed by atoms with E-state index in [1.54, 1.807) is 4.90 Å². The summed E-state index contributed by atoms with van der Waals surface area (Å²) in [7, 11) is 0.